The Bertz CT molecular complexity index is 758. The molecule has 2 heterocycles. The highest BCUT2D eigenvalue weighted by molar-refractivity contribution is 6.58. The number of nitrogens with two attached hydrogens (primary N) is 1. The fourth-order valence-electron chi connectivity index (χ4n) is 2.06. The molecular formula is C12H12BN5O2. The third-order valence-electron chi connectivity index (χ3n) is 3.03. The van der Waals surface area contributed by atoms with Crippen LogP contribution in [0, 0.1) is 0 Å². The van der Waals surface area contributed by atoms with Crippen LogP contribution in [0.5, 0.6) is 0 Å². The van der Waals surface area contributed by atoms with Gasteiger partial charge in [0.05, 0.1) is 12.9 Å². The number of imidazole rings is 1. The molecule has 1 aromatic carbocycles. The van der Waals surface area contributed by atoms with Crippen LogP contribution >= 0.6 is 0 Å². The monoisotopic (exact) mass is 269 g/mol. The third kappa shape index (κ3) is 2.22. The lowest BCUT2D eigenvalue weighted by Gasteiger charge is -2.06. The Kier molecular flexibility index (Phi) is 3.09. The molecule has 2 aromatic heterocycles. The molecule has 0 aliphatic heterocycles. The molecule has 0 atom stereocenters. The van der Waals surface area contributed by atoms with Crippen LogP contribution in [0.3, 0.4) is 0 Å². The molecule has 0 aliphatic rings. The van der Waals surface area contributed by atoms with Gasteiger partial charge < -0.3 is 20.3 Å². The van der Waals surface area contributed by atoms with Crippen LogP contribution < -0.4 is 11.2 Å². The topological polar surface area (TPSA) is 110 Å². The molecule has 100 valence electrons. The molecule has 7 nitrogen and oxygen atoms in total. The Morgan fingerprint density at radius 2 is 2.05 bits per heavy atom. The summed E-state index contributed by atoms with van der Waals surface area (Å²) < 4.78 is 1.83. The first-order chi connectivity index (χ1) is 9.65. The fourth-order valence-corrected chi connectivity index (χ4v) is 2.06. The molecule has 0 amide bonds. The summed E-state index contributed by atoms with van der Waals surface area (Å²) in [5.74, 6) is 0.341. The molecule has 0 unspecified atom stereocenters. The van der Waals surface area contributed by atoms with Crippen molar-refractivity contribution in [3.8, 4) is 0 Å². The highest BCUT2D eigenvalue weighted by Gasteiger charge is 2.12. The van der Waals surface area contributed by atoms with E-state index in [2.05, 4.69) is 15.0 Å². The number of hydrogen-bond donors (Lipinski definition) is 3. The Morgan fingerprint density at radius 1 is 1.20 bits per heavy atom. The van der Waals surface area contributed by atoms with Crippen LogP contribution in [-0.4, -0.2) is 36.7 Å². The first-order valence-electron chi connectivity index (χ1n) is 6.01. The second kappa shape index (κ2) is 4.91. The lowest BCUT2D eigenvalue weighted by Crippen LogP contribution is -2.30. The van der Waals surface area contributed by atoms with Gasteiger partial charge in [0.2, 0.25) is 0 Å². The van der Waals surface area contributed by atoms with Gasteiger partial charge in [-0.05, 0) is 11.0 Å². The van der Waals surface area contributed by atoms with Crippen LogP contribution in [0.25, 0.3) is 11.2 Å². The normalized spacial score (nSPS) is 10.9. The molecule has 0 saturated carbocycles. The molecule has 8 heteroatoms. The van der Waals surface area contributed by atoms with E-state index in [1.807, 2.05) is 10.6 Å². The maximum absolute atomic E-state index is 9.18. The van der Waals surface area contributed by atoms with Crippen molar-refractivity contribution in [3.05, 3.63) is 42.5 Å². The van der Waals surface area contributed by atoms with Crippen molar-refractivity contribution in [3.63, 3.8) is 0 Å². The first kappa shape index (κ1) is 12.6. The van der Waals surface area contributed by atoms with Crippen LogP contribution in [0.15, 0.2) is 36.9 Å². The van der Waals surface area contributed by atoms with E-state index >= 15 is 0 Å². The minimum Gasteiger partial charge on any atom is -0.423 e. The van der Waals surface area contributed by atoms with Gasteiger partial charge in [0.15, 0.2) is 11.5 Å². The molecule has 3 aromatic rings. The Labute approximate surface area is 114 Å². The number of rotatable bonds is 3. The van der Waals surface area contributed by atoms with Crippen molar-refractivity contribution in [1.29, 1.82) is 0 Å². The van der Waals surface area contributed by atoms with E-state index in [4.69, 9.17) is 5.73 Å². The van der Waals surface area contributed by atoms with Crippen molar-refractivity contribution in [2.24, 2.45) is 0 Å². The van der Waals surface area contributed by atoms with Gasteiger partial charge in [0, 0.05) is 0 Å². The molecule has 0 fully saturated rings. The van der Waals surface area contributed by atoms with Gasteiger partial charge in [-0.25, -0.2) is 15.0 Å². The van der Waals surface area contributed by atoms with Crippen molar-refractivity contribution in [2.45, 2.75) is 6.54 Å². The van der Waals surface area contributed by atoms with Gasteiger partial charge >= 0.3 is 7.12 Å². The average molecular weight is 269 g/mol. The smallest absolute Gasteiger partial charge is 0.423 e. The zero-order chi connectivity index (χ0) is 14.1. The summed E-state index contributed by atoms with van der Waals surface area (Å²) in [6, 6.07) is 7.04. The lowest BCUT2D eigenvalue weighted by molar-refractivity contribution is 0.425. The zero-order valence-corrected chi connectivity index (χ0v) is 10.5. The van der Waals surface area contributed by atoms with E-state index in [0.717, 1.165) is 5.56 Å². The minimum absolute atomic E-state index is 0.341. The predicted molar refractivity (Wildman–Crippen MR) is 75.1 cm³/mol. The number of aromatic nitrogens is 4. The summed E-state index contributed by atoms with van der Waals surface area (Å²) in [5.41, 5.74) is 8.30. The van der Waals surface area contributed by atoms with Gasteiger partial charge in [0.1, 0.15) is 11.8 Å². The quantitative estimate of drug-likeness (QED) is 0.533. The molecule has 4 N–H and O–H groups in total. The molecule has 20 heavy (non-hydrogen) atoms. The molecule has 0 radical (unpaired) electrons. The van der Waals surface area contributed by atoms with Crippen LogP contribution in [-0.2, 0) is 6.54 Å². The Hall–Kier alpha value is -2.45. The van der Waals surface area contributed by atoms with Crippen molar-refractivity contribution < 1.29 is 10.0 Å². The van der Waals surface area contributed by atoms with Crippen LogP contribution in [0.4, 0.5) is 5.82 Å². The molecule has 0 bridgehead atoms. The number of benzene rings is 1. The van der Waals surface area contributed by atoms with Gasteiger partial charge in [-0.1, -0.05) is 24.3 Å². The number of nitrogens with zero attached hydrogens (tertiary/aromatic N) is 4. The maximum Gasteiger partial charge on any atom is 0.488 e. The predicted octanol–water partition coefficient (Wildman–Crippen LogP) is -0.863. The van der Waals surface area contributed by atoms with Crippen molar-refractivity contribution in [1.82, 2.24) is 19.5 Å². The summed E-state index contributed by atoms with van der Waals surface area (Å²) >= 11 is 0. The Balaban J connectivity index is 1.97. The number of fused-ring (bicyclic) bond motifs is 1. The van der Waals surface area contributed by atoms with E-state index in [0.29, 0.717) is 29.0 Å². The van der Waals surface area contributed by atoms with Crippen LogP contribution in [0.2, 0.25) is 0 Å². The number of anilines is 1. The lowest BCUT2D eigenvalue weighted by atomic mass is 9.79. The number of hydrogen-bond acceptors (Lipinski definition) is 6. The second-order valence-corrected chi connectivity index (χ2v) is 4.42. The van der Waals surface area contributed by atoms with E-state index in [1.165, 1.54) is 6.33 Å². The SMILES string of the molecule is Nc1ncnc2c1ncn2Cc1cccc(B(O)O)c1. The van der Waals surface area contributed by atoms with E-state index in [1.54, 1.807) is 24.5 Å². The van der Waals surface area contributed by atoms with Gasteiger partial charge in [-0.2, -0.15) is 0 Å². The van der Waals surface area contributed by atoms with Crippen molar-refractivity contribution in [2.75, 3.05) is 5.73 Å². The molecule has 0 aliphatic carbocycles. The summed E-state index contributed by atoms with van der Waals surface area (Å²) in [6.45, 7) is 0.507. The second-order valence-electron chi connectivity index (χ2n) is 4.42. The molecular weight excluding hydrogens is 257 g/mol. The summed E-state index contributed by atoms with van der Waals surface area (Å²) in [7, 11) is -1.48. The summed E-state index contributed by atoms with van der Waals surface area (Å²) in [6.07, 6.45) is 3.03. The fraction of sp³-hybridized carbons (Fsp3) is 0.0833. The third-order valence-corrected chi connectivity index (χ3v) is 3.03. The highest BCUT2D eigenvalue weighted by atomic mass is 16.4. The van der Waals surface area contributed by atoms with Gasteiger partial charge in [-0.15, -0.1) is 0 Å². The average Bonchev–Trinajstić information content (AvgIpc) is 2.84. The summed E-state index contributed by atoms with van der Waals surface area (Å²) in [5, 5.41) is 18.4. The Morgan fingerprint density at radius 3 is 2.85 bits per heavy atom. The standard InChI is InChI=1S/C12H12BN5O2/c14-11-10-12(16-6-15-11)18(7-17-10)5-8-2-1-3-9(4-8)13(19)20/h1-4,6-7,19-20H,5H2,(H2,14,15,16). The summed E-state index contributed by atoms with van der Waals surface area (Å²) in [4.78, 5) is 12.2. The zero-order valence-electron chi connectivity index (χ0n) is 10.5. The molecule has 0 spiro atoms. The molecule has 3 rings (SSSR count). The van der Waals surface area contributed by atoms with E-state index in [9.17, 15) is 10.0 Å². The first-order valence-corrected chi connectivity index (χ1v) is 6.01. The van der Waals surface area contributed by atoms with Gasteiger partial charge in [-0.3, -0.25) is 0 Å². The number of nitrogen functional groups attached to an aromatic ring is 1. The largest absolute Gasteiger partial charge is 0.488 e. The maximum atomic E-state index is 9.18. The van der Waals surface area contributed by atoms with Gasteiger partial charge in [0.25, 0.3) is 0 Å². The van der Waals surface area contributed by atoms with Crippen LogP contribution in [0.1, 0.15) is 5.56 Å². The van der Waals surface area contributed by atoms with E-state index < -0.39 is 7.12 Å². The van der Waals surface area contributed by atoms with E-state index in [-0.39, 0.29) is 0 Å². The molecule has 0 saturated heterocycles. The minimum atomic E-state index is -1.48. The highest BCUT2D eigenvalue weighted by Crippen LogP contribution is 2.15. The van der Waals surface area contributed by atoms with Crippen molar-refractivity contribution >= 4 is 29.6 Å².